The fourth-order valence-corrected chi connectivity index (χ4v) is 2.54. The molecule has 1 saturated carbocycles. The van der Waals surface area contributed by atoms with Gasteiger partial charge in [-0.05, 0) is 50.3 Å². The maximum Gasteiger partial charge on any atom is 0.191 e. The molecule has 0 bridgehead atoms. The molecule has 3 N–H and O–H groups in total. The summed E-state index contributed by atoms with van der Waals surface area (Å²) in [5.41, 5.74) is 0.853. The van der Waals surface area contributed by atoms with E-state index in [0.717, 1.165) is 43.8 Å². The molecule has 0 atom stereocenters. The molecule has 4 nitrogen and oxygen atoms in total. The second-order valence-corrected chi connectivity index (χ2v) is 5.47. The van der Waals surface area contributed by atoms with Gasteiger partial charge in [0.25, 0.3) is 0 Å². The number of nitrogens with zero attached hydrogens (tertiary/aromatic N) is 1. The second kappa shape index (κ2) is 9.99. The summed E-state index contributed by atoms with van der Waals surface area (Å²) in [6.45, 7) is 3.25. The van der Waals surface area contributed by atoms with Gasteiger partial charge in [0, 0.05) is 12.6 Å². The van der Waals surface area contributed by atoms with Crippen LogP contribution in [-0.2, 0) is 6.54 Å². The van der Waals surface area contributed by atoms with Gasteiger partial charge in [-0.3, -0.25) is 0 Å². The predicted octanol–water partition coefficient (Wildman–Crippen LogP) is 2.80. The SMILES string of the molecule is CCNC(=NCc1cccc(F)c1)NC1CCC(O)CC1.I. The fraction of sp³-hybridized carbons (Fsp3) is 0.562. The summed E-state index contributed by atoms with van der Waals surface area (Å²) in [6.07, 6.45) is 3.41. The first kappa shape index (κ1) is 19.2. The highest BCUT2D eigenvalue weighted by Gasteiger charge is 2.19. The van der Waals surface area contributed by atoms with E-state index in [1.54, 1.807) is 6.07 Å². The van der Waals surface area contributed by atoms with Crippen molar-refractivity contribution in [2.45, 2.75) is 51.3 Å². The molecule has 0 amide bonds. The minimum Gasteiger partial charge on any atom is -0.393 e. The van der Waals surface area contributed by atoms with Crippen LogP contribution in [-0.4, -0.2) is 29.8 Å². The Kier molecular flexibility index (Phi) is 8.70. The summed E-state index contributed by atoms with van der Waals surface area (Å²) in [5, 5.41) is 16.1. The quantitative estimate of drug-likeness (QED) is 0.398. The maximum absolute atomic E-state index is 13.1. The van der Waals surface area contributed by atoms with E-state index in [2.05, 4.69) is 15.6 Å². The summed E-state index contributed by atoms with van der Waals surface area (Å²) < 4.78 is 13.1. The van der Waals surface area contributed by atoms with Crippen molar-refractivity contribution in [1.29, 1.82) is 0 Å². The van der Waals surface area contributed by atoms with Gasteiger partial charge >= 0.3 is 0 Å². The molecule has 1 aromatic carbocycles. The average Bonchev–Trinajstić information content (AvgIpc) is 2.47. The normalized spacial score (nSPS) is 21.9. The van der Waals surface area contributed by atoms with Crippen LogP contribution in [0.2, 0.25) is 0 Å². The number of hydrogen-bond acceptors (Lipinski definition) is 2. The van der Waals surface area contributed by atoms with Gasteiger partial charge in [-0.2, -0.15) is 0 Å². The molecule has 1 fully saturated rings. The number of aliphatic hydroxyl groups excluding tert-OH is 1. The highest BCUT2D eigenvalue weighted by molar-refractivity contribution is 14.0. The summed E-state index contributed by atoms with van der Waals surface area (Å²) >= 11 is 0. The molecule has 1 aromatic rings. The molecule has 0 spiro atoms. The Morgan fingerprint density at radius 1 is 1.32 bits per heavy atom. The molecule has 0 aliphatic heterocycles. The first-order valence-corrected chi connectivity index (χ1v) is 7.64. The van der Waals surface area contributed by atoms with Crippen molar-refractivity contribution in [3.05, 3.63) is 35.6 Å². The van der Waals surface area contributed by atoms with E-state index in [9.17, 15) is 9.50 Å². The van der Waals surface area contributed by atoms with Crippen molar-refractivity contribution in [1.82, 2.24) is 10.6 Å². The van der Waals surface area contributed by atoms with Crippen LogP contribution in [0.4, 0.5) is 4.39 Å². The first-order chi connectivity index (χ1) is 10.2. The average molecular weight is 421 g/mol. The van der Waals surface area contributed by atoms with Crippen molar-refractivity contribution < 1.29 is 9.50 Å². The highest BCUT2D eigenvalue weighted by Crippen LogP contribution is 2.18. The van der Waals surface area contributed by atoms with Crippen LogP contribution in [0.15, 0.2) is 29.3 Å². The molecule has 0 heterocycles. The lowest BCUT2D eigenvalue weighted by Gasteiger charge is -2.27. The number of aliphatic hydroxyl groups is 1. The van der Waals surface area contributed by atoms with E-state index >= 15 is 0 Å². The largest absolute Gasteiger partial charge is 0.393 e. The molecule has 0 radical (unpaired) electrons. The number of aliphatic imine (C=N–C) groups is 1. The van der Waals surface area contributed by atoms with Gasteiger partial charge in [0.1, 0.15) is 5.82 Å². The van der Waals surface area contributed by atoms with E-state index in [1.807, 2.05) is 13.0 Å². The van der Waals surface area contributed by atoms with Crippen molar-refractivity contribution in [3.63, 3.8) is 0 Å². The van der Waals surface area contributed by atoms with Gasteiger partial charge in [-0.15, -0.1) is 24.0 Å². The van der Waals surface area contributed by atoms with Gasteiger partial charge < -0.3 is 15.7 Å². The van der Waals surface area contributed by atoms with Crippen molar-refractivity contribution in [3.8, 4) is 0 Å². The molecular weight excluding hydrogens is 396 g/mol. The number of guanidine groups is 1. The molecule has 0 aromatic heterocycles. The smallest absolute Gasteiger partial charge is 0.191 e. The number of hydrogen-bond donors (Lipinski definition) is 3. The van der Waals surface area contributed by atoms with Gasteiger partial charge in [-0.25, -0.2) is 9.38 Å². The Morgan fingerprint density at radius 2 is 2.05 bits per heavy atom. The lowest BCUT2D eigenvalue weighted by molar-refractivity contribution is 0.120. The Labute approximate surface area is 148 Å². The standard InChI is InChI=1S/C16H24FN3O.HI/c1-2-18-16(20-14-6-8-15(21)9-7-14)19-11-12-4-3-5-13(17)10-12;/h3-5,10,14-15,21H,2,6-9,11H2,1H3,(H2,18,19,20);1H. The number of nitrogens with one attached hydrogen (secondary N) is 2. The summed E-state index contributed by atoms with van der Waals surface area (Å²) in [5.74, 6) is 0.519. The zero-order valence-corrected chi connectivity index (χ0v) is 15.2. The fourth-order valence-electron chi connectivity index (χ4n) is 2.54. The molecule has 22 heavy (non-hydrogen) atoms. The molecule has 2 rings (SSSR count). The van der Waals surface area contributed by atoms with E-state index in [1.165, 1.54) is 12.1 Å². The van der Waals surface area contributed by atoms with Crippen LogP contribution in [0, 0.1) is 5.82 Å². The topological polar surface area (TPSA) is 56.7 Å². The predicted molar refractivity (Wildman–Crippen MR) is 98.0 cm³/mol. The molecule has 0 unspecified atom stereocenters. The molecular formula is C16H25FIN3O. The highest BCUT2D eigenvalue weighted by atomic mass is 127. The first-order valence-electron chi connectivity index (χ1n) is 7.64. The van der Waals surface area contributed by atoms with E-state index in [0.29, 0.717) is 12.6 Å². The third kappa shape index (κ3) is 6.48. The minimum atomic E-state index is -0.234. The third-order valence-corrected chi connectivity index (χ3v) is 3.69. The van der Waals surface area contributed by atoms with Crippen LogP contribution in [0.1, 0.15) is 38.2 Å². The number of rotatable bonds is 4. The van der Waals surface area contributed by atoms with Crippen LogP contribution < -0.4 is 10.6 Å². The molecule has 0 saturated heterocycles. The maximum atomic E-state index is 13.1. The molecule has 1 aliphatic rings. The lowest BCUT2D eigenvalue weighted by atomic mass is 9.93. The summed E-state index contributed by atoms with van der Waals surface area (Å²) in [7, 11) is 0. The van der Waals surface area contributed by atoms with E-state index in [4.69, 9.17) is 0 Å². The van der Waals surface area contributed by atoms with Gasteiger partial charge in [0.2, 0.25) is 0 Å². The Morgan fingerprint density at radius 3 is 2.68 bits per heavy atom. The van der Waals surface area contributed by atoms with Crippen LogP contribution in [0.25, 0.3) is 0 Å². The van der Waals surface area contributed by atoms with Crippen molar-refractivity contribution >= 4 is 29.9 Å². The zero-order valence-electron chi connectivity index (χ0n) is 12.9. The van der Waals surface area contributed by atoms with Crippen LogP contribution in [0.3, 0.4) is 0 Å². The van der Waals surface area contributed by atoms with E-state index in [-0.39, 0.29) is 35.9 Å². The van der Waals surface area contributed by atoms with Crippen molar-refractivity contribution in [2.24, 2.45) is 4.99 Å². The van der Waals surface area contributed by atoms with Crippen LogP contribution >= 0.6 is 24.0 Å². The number of halogens is 2. The molecule has 6 heteroatoms. The van der Waals surface area contributed by atoms with Gasteiger partial charge in [-0.1, -0.05) is 12.1 Å². The van der Waals surface area contributed by atoms with E-state index < -0.39 is 0 Å². The Bertz CT molecular complexity index is 476. The monoisotopic (exact) mass is 421 g/mol. The zero-order chi connectivity index (χ0) is 15.1. The summed E-state index contributed by atoms with van der Waals surface area (Å²) in [4.78, 5) is 4.50. The van der Waals surface area contributed by atoms with Crippen molar-refractivity contribution in [2.75, 3.05) is 6.54 Å². The second-order valence-electron chi connectivity index (χ2n) is 5.47. The Balaban J connectivity index is 0.00000242. The Hall–Kier alpha value is -0.890. The van der Waals surface area contributed by atoms with Gasteiger partial charge in [0.05, 0.1) is 12.6 Å². The molecule has 124 valence electrons. The third-order valence-electron chi connectivity index (χ3n) is 3.69. The minimum absolute atomic E-state index is 0. The molecule has 1 aliphatic carbocycles. The van der Waals surface area contributed by atoms with Gasteiger partial charge in [0.15, 0.2) is 5.96 Å². The number of benzene rings is 1. The van der Waals surface area contributed by atoms with Crippen LogP contribution in [0.5, 0.6) is 0 Å². The lowest BCUT2D eigenvalue weighted by Crippen LogP contribution is -2.45. The summed E-state index contributed by atoms with van der Waals surface area (Å²) in [6, 6.07) is 6.85.